The van der Waals surface area contributed by atoms with Gasteiger partial charge in [0.05, 0.1) is 32.6 Å². The lowest BCUT2D eigenvalue weighted by Crippen LogP contribution is -2.24. The predicted octanol–water partition coefficient (Wildman–Crippen LogP) is 5.12. The van der Waals surface area contributed by atoms with Crippen LogP contribution in [0.1, 0.15) is 11.1 Å². The van der Waals surface area contributed by atoms with Crippen molar-refractivity contribution in [2.45, 2.75) is 18.6 Å². The first-order valence-corrected chi connectivity index (χ1v) is 12.3. The average molecular weight is 505 g/mol. The van der Waals surface area contributed by atoms with E-state index in [9.17, 15) is 4.79 Å². The van der Waals surface area contributed by atoms with Gasteiger partial charge in [0.1, 0.15) is 5.82 Å². The number of para-hydroxylation sites is 1. The van der Waals surface area contributed by atoms with Crippen LogP contribution >= 0.6 is 11.8 Å². The molecule has 4 aromatic rings. The molecule has 1 amide bonds. The van der Waals surface area contributed by atoms with Crippen LogP contribution in [-0.4, -0.2) is 43.0 Å². The van der Waals surface area contributed by atoms with Crippen molar-refractivity contribution in [3.8, 4) is 17.2 Å². The number of hydrogen-bond donors (Lipinski definition) is 2. The molecule has 0 spiro atoms. The summed E-state index contributed by atoms with van der Waals surface area (Å²) in [6.07, 6.45) is 0. The van der Waals surface area contributed by atoms with Gasteiger partial charge in [-0.15, -0.1) is 0 Å². The van der Waals surface area contributed by atoms with Gasteiger partial charge in [0.2, 0.25) is 11.7 Å². The molecule has 0 unspecified atom stereocenters. The molecule has 0 aliphatic rings. The lowest BCUT2D eigenvalue weighted by atomic mass is 10.1. The number of hydrogen-bond acceptors (Lipinski definition) is 8. The fourth-order valence-corrected chi connectivity index (χ4v) is 4.27. The molecule has 4 rings (SSSR count). The highest BCUT2D eigenvalue weighted by molar-refractivity contribution is 7.99. The van der Waals surface area contributed by atoms with Crippen LogP contribution < -0.4 is 24.8 Å². The van der Waals surface area contributed by atoms with Crippen molar-refractivity contribution in [1.82, 2.24) is 15.3 Å². The van der Waals surface area contributed by atoms with Crippen molar-refractivity contribution in [2.75, 3.05) is 32.4 Å². The molecule has 1 heterocycles. The highest BCUT2D eigenvalue weighted by Crippen LogP contribution is 2.41. The maximum atomic E-state index is 12.5. The van der Waals surface area contributed by atoms with Crippen LogP contribution in [0.4, 0.5) is 11.5 Å². The third-order valence-electron chi connectivity index (χ3n) is 5.45. The number of ether oxygens (including phenoxy) is 3. The number of nitrogens with zero attached hydrogens (tertiary/aromatic N) is 2. The number of benzene rings is 3. The molecule has 36 heavy (non-hydrogen) atoms. The van der Waals surface area contributed by atoms with Gasteiger partial charge in [0.15, 0.2) is 16.7 Å². The van der Waals surface area contributed by atoms with Gasteiger partial charge in [0, 0.05) is 29.8 Å². The first-order chi connectivity index (χ1) is 17.5. The lowest BCUT2D eigenvalue weighted by molar-refractivity contribution is -0.118. The summed E-state index contributed by atoms with van der Waals surface area (Å²) in [6.45, 7) is 2.51. The fraction of sp³-hybridized carbons (Fsp3) is 0.222. The molecular weight excluding hydrogens is 476 g/mol. The minimum absolute atomic E-state index is 0.0866. The molecule has 0 fully saturated rings. The second-order valence-electron chi connectivity index (χ2n) is 7.96. The fourth-order valence-electron chi connectivity index (χ4n) is 3.59. The molecule has 3 aromatic carbocycles. The zero-order valence-corrected chi connectivity index (χ0v) is 21.4. The van der Waals surface area contributed by atoms with E-state index in [-0.39, 0.29) is 11.7 Å². The Labute approximate surface area is 214 Å². The van der Waals surface area contributed by atoms with Crippen LogP contribution in [0.25, 0.3) is 10.9 Å². The van der Waals surface area contributed by atoms with Crippen LogP contribution in [0.3, 0.4) is 0 Å². The van der Waals surface area contributed by atoms with E-state index >= 15 is 0 Å². The molecule has 0 saturated heterocycles. The Kier molecular flexibility index (Phi) is 8.12. The van der Waals surface area contributed by atoms with E-state index in [0.29, 0.717) is 40.5 Å². The number of aromatic nitrogens is 2. The summed E-state index contributed by atoms with van der Waals surface area (Å²) in [5.74, 6) is 2.28. The number of amides is 1. The number of rotatable bonds is 10. The molecule has 2 N–H and O–H groups in total. The maximum Gasteiger partial charge on any atom is 0.230 e. The van der Waals surface area contributed by atoms with Crippen molar-refractivity contribution in [2.24, 2.45) is 0 Å². The SMILES string of the molecule is COc1cc(Nc2nc(SCC(=O)NCc3ccc(C)cc3)nc3ccccc23)cc(OC)c1OC. The molecule has 9 heteroatoms. The Hall–Kier alpha value is -3.98. The van der Waals surface area contributed by atoms with Crippen molar-refractivity contribution >= 4 is 40.1 Å². The molecule has 0 aliphatic heterocycles. The van der Waals surface area contributed by atoms with Gasteiger partial charge in [-0.05, 0) is 24.6 Å². The highest BCUT2D eigenvalue weighted by atomic mass is 32.2. The number of fused-ring (bicyclic) bond motifs is 1. The van der Waals surface area contributed by atoms with Gasteiger partial charge in [-0.3, -0.25) is 4.79 Å². The Morgan fingerprint density at radius 2 is 1.61 bits per heavy atom. The van der Waals surface area contributed by atoms with E-state index in [1.807, 2.05) is 67.6 Å². The first kappa shape index (κ1) is 25.1. The Morgan fingerprint density at radius 3 is 2.28 bits per heavy atom. The van der Waals surface area contributed by atoms with Gasteiger partial charge in [0.25, 0.3) is 0 Å². The number of anilines is 2. The minimum Gasteiger partial charge on any atom is -0.493 e. The summed E-state index contributed by atoms with van der Waals surface area (Å²) in [5.41, 5.74) is 3.72. The van der Waals surface area contributed by atoms with Gasteiger partial charge in [-0.25, -0.2) is 9.97 Å². The first-order valence-electron chi connectivity index (χ1n) is 11.3. The van der Waals surface area contributed by atoms with Gasteiger partial charge in [-0.2, -0.15) is 0 Å². The van der Waals surface area contributed by atoms with Crippen molar-refractivity contribution in [3.63, 3.8) is 0 Å². The van der Waals surface area contributed by atoms with E-state index in [2.05, 4.69) is 15.6 Å². The number of methoxy groups -OCH3 is 3. The van der Waals surface area contributed by atoms with Crippen LogP contribution in [0, 0.1) is 6.92 Å². The second-order valence-corrected chi connectivity index (χ2v) is 8.90. The third-order valence-corrected chi connectivity index (χ3v) is 6.30. The molecule has 0 atom stereocenters. The average Bonchev–Trinajstić information content (AvgIpc) is 2.91. The topological polar surface area (TPSA) is 94.6 Å². The standard InChI is InChI=1S/C27H28N4O4S/c1-17-9-11-18(12-10-17)15-28-24(32)16-36-27-30-21-8-6-5-7-20(21)26(31-27)29-19-13-22(33-2)25(35-4)23(14-19)34-3/h5-14H,15-16H2,1-4H3,(H,28,32)(H,29,30,31). The zero-order valence-electron chi connectivity index (χ0n) is 20.6. The van der Waals surface area contributed by atoms with E-state index in [1.165, 1.54) is 17.3 Å². The Balaban J connectivity index is 1.52. The smallest absolute Gasteiger partial charge is 0.230 e. The molecule has 0 radical (unpaired) electrons. The number of aryl methyl sites for hydroxylation is 1. The van der Waals surface area contributed by atoms with Crippen LogP contribution in [0.15, 0.2) is 65.8 Å². The third kappa shape index (κ3) is 5.98. The van der Waals surface area contributed by atoms with E-state index in [0.717, 1.165) is 16.5 Å². The molecule has 1 aromatic heterocycles. The predicted molar refractivity (Wildman–Crippen MR) is 143 cm³/mol. The van der Waals surface area contributed by atoms with E-state index in [4.69, 9.17) is 19.2 Å². The van der Waals surface area contributed by atoms with E-state index in [1.54, 1.807) is 21.3 Å². The molecule has 0 aliphatic carbocycles. The van der Waals surface area contributed by atoms with E-state index < -0.39 is 0 Å². The van der Waals surface area contributed by atoms with Gasteiger partial charge >= 0.3 is 0 Å². The van der Waals surface area contributed by atoms with Crippen molar-refractivity contribution < 1.29 is 19.0 Å². The van der Waals surface area contributed by atoms with Gasteiger partial charge in [-0.1, -0.05) is 53.7 Å². The monoisotopic (exact) mass is 504 g/mol. The summed E-state index contributed by atoms with van der Waals surface area (Å²) in [5, 5.41) is 7.63. The summed E-state index contributed by atoms with van der Waals surface area (Å²) in [6, 6.07) is 19.4. The van der Waals surface area contributed by atoms with Gasteiger partial charge < -0.3 is 24.8 Å². The second kappa shape index (κ2) is 11.6. The minimum atomic E-state index is -0.0866. The van der Waals surface area contributed by atoms with Crippen LogP contribution in [0.2, 0.25) is 0 Å². The summed E-state index contributed by atoms with van der Waals surface area (Å²) < 4.78 is 16.4. The quantitative estimate of drug-likeness (QED) is 0.227. The molecule has 0 bridgehead atoms. The molecule has 186 valence electrons. The number of carbonyl (C=O) groups is 1. The van der Waals surface area contributed by atoms with Crippen LogP contribution in [0.5, 0.6) is 17.2 Å². The number of carbonyl (C=O) groups excluding carboxylic acids is 1. The number of nitrogens with one attached hydrogen (secondary N) is 2. The molecule has 0 saturated carbocycles. The summed E-state index contributed by atoms with van der Waals surface area (Å²) >= 11 is 1.28. The Bertz CT molecular complexity index is 1340. The summed E-state index contributed by atoms with van der Waals surface area (Å²) in [4.78, 5) is 21.8. The van der Waals surface area contributed by atoms with Crippen molar-refractivity contribution in [3.05, 3.63) is 71.8 Å². The number of thioether (sulfide) groups is 1. The van der Waals surface area contributed by atoms with Crippen molar-refractivity contribution in [1.29, 1.82) is 0 Å². The highest BCUT2D eigenvalue weighted by Gasteiger charge is 2.15. The normalized spacial score (nSPS) is 10.7. The largest absolute Gasteiger partial charge is 0.493 e. The van der Waals surface area contributed by atoms with Crippen LogP contribution in [-0.2, 0) is 11.3 Å². The maximum absolute atomic E-state index is 12.5. The molecule has 8 nitrogen and oxygen atoms in total. The lowest BCUT2D eigenvalue weighted by Gasteiger charge is -2.16. The molecular formula is C27H28N4O4S. The summed E-state index contributed by atoms with van der Waals surface area (Å²) in [7, 11) is 4.70. The zero-order chi connectivity index (χ0) is 25.5. The Morgan fingerprint density at radius 1 is 0.917 bits per heavy atom.